The summed E-state index contributed by atoms with van der Waals surface area (Å²) in [6, 6.07) is 8.44. The molecular weight excluding hydrogens is 296 g/mol. The number of hydrogen-bond donors (Lipinski definition) is 0. The van der Waals surface area contributed by atoms with Crippen LogP contribution in [0.1, 0.15) is 31.7 Å². The second-order valence-electron chi connectivity index (χ2n) is 6.47. The van der Waals surface area contributed by atoms with E-state index in [0.717, 1.165) is 31.6 Å². The largest absolute Gasteiger partial charge is 0.360 e. The van der Waals surface area contributed by atoms with Crippen molar-refractivity contribution in [2.45, 2.75) is 43.2 Å². The Balaban J connectivity index is 1.67. The van der Waals surface area contributed by atoms with Gasteiger partial charge in [0.15, 0.2) is 0 Å². The minimum absolute atomic E-state index is 0.465. The van der Waals surface area contributed by atoms with Crippen LogP contribution in [0.3, 0.4) is 0 Å². The van der Waals surface area contributed by atoms with Gasteiger partial charge in [-0.3, -0.25) is 4.90 Å². The molecule has 3 heterocycles. The zero-order chi connectivity index (χ0) is 15.3. The van der Waals surface area contributed by atoms with Crippen molar-refractivity contribution in [2.75, 3.05) is 19.6 Å². The van der Waals surface area contributed by atoms with Crippen molar-refractivity contribution >= 4 is 15.9 Å². The first kappa shape index (κ1) is 14.3. The number of sulfone groups is 1. The molecule has 1 aromatic rings. The number of benzene rings is 1. The van der Waals surface area contributed by atoms with E-state index < -0.39 is 9.84 Å². The van der Waals surface area contributed by atoms with E-state index in [1.165, 1.54) is 12.8 Å². The molecule has 0 amide bonds. The first-order valence-corrected chi connectivity index (χ1v) is 9.66. The van der Waals surface area contributed by atoms with Crippen molar-refractivity contribution in [2.24, 2.45) is 0 Å². The van der Waals surface area contributed by atoms with Crippen LogP contribution in [0.15, 0.2) is 34.2 Å². The van der Waals surface area contributed by atoms with Gasteiger partial charge in [0, 0.05) is 25.2 Å². The first-order chi connectivity index (χ1) is 10.6. The Kier molecular flexibility index (Phi) is 3.31. The van der Waals surface area contributed by atoms with E-state index >= 15 is 0 Å². The van der Waals surface area contributed by atoms with Gasteiger partial charge in [-0.05, 0) is 43.5 Å². The van der Waals surface area contributed by atoms with Crippen molar-refractivity contribution in [3.05, 3.63) is 34.9 Å². The van der Waals surface area contributed by atoms with E-state index in [1.807, 2.05) is 18.2 Å². The smallest absolute Gasteiger partial charge is 0.222 e. The second-order valence-corrected chi connectivity index (χ2v) is 8.34. The highest BCUT2D eigenvalue weighted by Gasteiger charge is 2.40. The molecule has 0 spiro atoms. The summed E-state index contributed by atoms with van der Waals surface area (Å²) in [6.07, 6.45) is 5.38. The third kappa shape index (κ3) is 2.02. The maximum atomic E-state index is 12.8. The topological polar surface area (TPSA) is 40.6 Å². The minimum atomic E-state index is -3.33. The molecule has 3 aliphatic rings. The van der Waals surface area contributed by atoms with Crippen molar-refractivity contribution in [1.29, 1.82) is 0 Å². The van der Waals surface area contributed by atoms with Crippen molar-refractivity contribution in [3.63, 3.8) is 0 Å². The van der Waals surface area contributed by atoms with Gasteiger partial charge in [0.05, 0.1) is 4.90 Å². The first-order valence-electron chi connectivity index (χ1n) is 8.18. The third-order valence-electron chi connectivity index (χ3n) is 5.37. The molecule has 1 aromatic carbocycles. The lowest BCUT2D eigenvalue weighted by Crippen LogP contribution is -2.39. The Bertz CT molecular complexity index is 726. The summed E-state index contributed by atoms with van der Waals surface area (Å²) >= 11 is 0. The summed E-state index contributed by atoms with van der Waals surface area (Å²) in [6.45, 7) is 4.96. The van der Waals surface area contributed by atoms with E-state index in [-0.39, 0.29) is 0 Å². The van der Waals surface area contributed by atoms with Gasteiger partial charge in [-0.1, -0.05) is 25.1 Å². The van der Waals surface area contributed by atoms with Crippen LogP contribution in [0.4, 0.5) is 0 Å². The molecule has 2 saturated heterocycles. The van der Waals surface area contributed by atoms with E-state index in [1.54, 1.807) is 12.1 Å². The molecule has 5 heteroatoms. The van der Waals surface area contributed by atoms with E-state index in [4.69, 9.17) is 0 Å². The van der Waals surface area contributed by atoms with Gasteiger partial charge in [0.25, 0.3) is 0 Å². The molecule has 22 heavy (non-hydrogen) atoms. The second kappa shape index (κ2) is 5.10. The highest BCUT2D eigenvalue weighted by atomic mass is 32.2. The van der Waals surface area contributed by atoms with Crippen LogP contribution in [0.5, 0.6) is 0 Å². The summed E-state index contributed by atoms with van der Waals surface area (Å²) < 4.78 is 25.7. The molecule has 4 nitrogen and oxygen atoms in total. The van der Waals surface area contributed by atoms with Crippen LogP contribution in [0, 0.1) is 0 Å². The zero-order valence-electron chi connectivity index (χ0n) is 12.9. The summed E-state index contributed by atoms with van der Waals surface area (Å²) in [7, 11) is -3.33. The van der Waals surface area contributed by atoms with Gasteiger partial charge < -0.3 is 4.90 Å². The lowest BCUT2D eigenvalue weighted by Gasteiger charge is -2.29. The Hall–Kier alpha value is -1.33. The van der Waals surface area contributed by atoms with Gasteiger partial charge in [-0.2, -0.15) is 0 Å². The predicted molar refractivity (Wildman–Crippen MR) is 87.0 cm³/mol. The van der Waals surface area contributed by atoms with Crippen molar-refractivity contribution in [3.8, 4) is 0 Å². The summed E-state index contributed by atoms with van der Waals surface area (Å²) in [5.41, 5.74) is 0.833. The number of likely N-dealkylation sites (N-methyl/N-ethyl adjacent to an activating group) is 1. The summed E-state index contributed by atoms with van der Waals surface area (Å²) in [5.74, 6) is 0. The Labute approximate surface area is 132 Å². The lowest BCUT2D eigenvalue weighted by molar-refractivity contribution is 0.205. The molecule has 2 fully saturated rings. The highest BCUT2D eigenvalue weighted by molar-refractivity contribution is 7.95. The Morgan fingerprint density at radius 3 is 2.68 bits per heavy atom. The maximum Gasteiger partial charge on any atom is 0.222 e. The molecule has 118 valence electrons. The summed E-state index contributed by atoms with van der Waals surface area (Å²) in [4.78, 5) is 5.14. The average molecular weight is 318 g/mol. The molecule has 0 N–H and O–H groups in total. The fraction of sp³-hybridized carbons (Fsp3) is 0.529. The average Bonchev–Trinajstić information content (AvgIpc) is 2.93. The van der Waals surface area contributed by atoms with E-state index in [0.29, 0.717) is 22.0 Å². The van der Waals surface area contributed by atoms with Gasteiger partial charge in [-0.15, -0.1) is 0 Å². The molecule has 2 bridgehead atoms. The zero-order valence-corrected chi connectivity index (χ0v) is 13.7. The van der Waals surface area contributed by atoms with Crippen molar-refractivity contribution < 1.29 is 8.42 Å². The van der Waals surface area contributed by atoms with E-state index in [9.17, 15) is 8.42 Å². The molecule has 0 aliphatic carbocycles. The number of likely N-dealkylation sites (tertiary alicyclic amines) is 1. The van der Waals surface area contributed by atoms with Crippen LogP contribution < -0.4 is 0 Å². The summed E-state index contributed by atoms with van der Waals surface area (Å²) in [5, 5.41) is 0.511. The number of rotatable bonds is 2. The highest BCUT2D eigenvalue weighted by Crippen LogP contribution is 2.38. The molecular formula is C17H22N2O2S. The third-order valence-corrected chi connectivity index (χ3v) is 7.25. The predicted octanol–water partition coefficient (Wildman–Crippen LogP) is 2.33. The van der Waals surface area contributed by atoms with Crippen LogP contribution in [-0.4, -0.2) is 49.9 Å². The quantitative estimate of drug-likeness (QED) is 0.839. The molecule has 0 radical (unpaired) electrons. The number of fused-ring (bicyclic) bond motifs is 3. The Morgan fingerprint density at radius 1 is 1.14 bits per heavy atom. The number of nitrogens with zero attached hydrogens (tertiary/aromatic N) is 2. The minimum Gasteiger partial charge on any atom is -0.360 e. The van der Waals surface area contributed by atoms with Crippen LogP contribution in [-0.2, 0) is 9.84 Å². The monoisotopic (exact) mass is 318 g/mol. The van der Waals surface area contributed by atoms with Crippen LogP contribution in [0.2, 0.25) is 0 Å². The van der Waals surface area contributed by atoms with Crippen LogP contribution in [0.25, 0.3) is 6.08 Å². The van der Waals surface area contributed by atoms with Crippen LogP contribution >= 0.6 is 0 Å². The van der Waals surface area contributed by atoms with Crippen molar-refractivity contribution in [1.82, 2.24) is 9.80 Å². The standard InChI is InChI=1S/C17H22N2O2S/c1-2-19-14-7-8-15(19)12-18(10-9-14)17-11-13-5-3-4-6-16(13)22(17,20)21/h3-6,11,14-15H,2,7-10,12H2,1H3. The lowest BCUT2D eigenvalue weighted by atomic mass is 10.1. The normalized spacial score (nSPS) is 30.0. The molecule has 4 rings (SSSR count). The molecule has 0 aromatic heterocycles. The SMILES string of the molecule is CCN1C2CCC1CN(C1=Cc3ccccc3S1(=O)=O)CC2. The molecule has 3 aliphatic heterocycles. The van der Waals surface area contributed by atoms with Gasteiger partial charge in [0.1, 0.15) is 5.03 Å². The number of hydrogen-bond acceptors (Lipinski definition) is 4. The Morgan fingerprint density at radius 2 is 1.91 bits per heavy atom. The van der Waals surface area contributed by atoms with E-state index in [2.05, 4.69) is 16.7 Å². The fourth-order valence-electron chi connectivity index (χ4n) is 4.32. The molecule has 2 unspecified atom stereocenters. The van der Waals surface area contributed by atoms with Gasteiger partial charge in [-0.25, -0.2) is 8.42 Å². The van der Waals surface area contributed by atoms with Gasteiger partial charge >= 0.3 is 0 Å². The molecule has 2 atom stereocenters. The maximum absolute atomic E-state index is 12.8. The fourth-order valence-corrected chi connectivity index (χ4v) is 6.03. The molecule has 0 saturated carbocycles. The van der Waals surface area contributed by atoms with Gasteiger partial charge in [0.2, 0.25) is 9.84 Å².